The molecule has 0 aliphatic carbocycles. The number of allylic oxidation sites excluding steroid dienone is 1. The van der Waals surface area contributed by atoms with Crippen molar-refractivity contribution >= 4 is 33.5 Å². The van der Waals surface area contributed by atoms with Crippen molar-refractivity contribution in [3.63, 3.8) is 0 Å². The molecule has 28 heavy (non-hydrogen) atoms. The summed E-state index contributed by atoms with van der Waals surface area (Å²) in [5.41, 5.74) is 0.607. The molecule has 146 valence electrons. The van der Waals surface area contributed by atoms with Crippen LogP contribution in [0.5, 0.6) is 0 Å². The van der Waals surface area contributed by atoms with E-state index in [9.17, 15) is 28.1 Å². The molecule has 10 heteroatoms. The Hall–Kier alpha value is -3.37. The van der Waals surface area contributed by atoms with Crippen LogP contribution in [0, 0.1) is 10.1 Å². The first-order valence-electron chi connectivity index (χ1n) is 7.97. The lowest BCUT2D eigenvalue weighted by Gasteiger charge is -2.06. The summed E-state index contributed by atoms with van der Waals surface area (Å²) in [7, 11) is -3.87. The van der Waals surface area contributed by atoms with E-state index >= 15 is 0 Å². The van der Waals surface area contributed by atoms with Gasteiger partial charge in [-0.25, -0.2) is 13.1 Å². The summed E-state index contributed by atoms with van der Waals surface area (Å²) in [6, 6.07) is 10.9. The third-order valence-electron chi connectivity index (χ3n) is 3.59. The lowest BCUT2D eigenvalue weighted by atomic mass is 10.1. The summed E-state index contributed by atoms with van der Waals surface area (Å²) >= 11 is 0. The van der Waals surface area contributed by atoms with Gasteiger partial charge in [-0.15, -0.1) is 0 Å². The molecule has 0 saturated heterocycles. The first-order chi connectivity index (χ1) is 13.2. The van der Waals surface area contributed by atoms with Gasteiger partial charge in [0.1, 0.15) is 0 Å². The molecule has 2 aromatic carbocycles. The zero-order valence-electron chi connectivity index (χ0n) is 14.4. The summed E-state index contributed by atoms with van der Waals surface area (Å²) in [5.74, 6) is -1.53. The molecule has 9 nitrogen and oxygen atoms in total. The number of aliphatic carboxylic acids is 1. The second kappa shape index (κ2) is 9.02. The van der Waals surface area contributed by atoms with Crippen LogP contribution >= 0.6 is 0 Å². The SMILES string of the molecule is O=C(O)CCNS(=O)(=O)c1ccc(C(=O)/C=C/c2cccc([N+](=O)[O-])c2)cc1. The zero-order valence-corrected chi connectivity index (χ0v) is 15.3. The highest BCUT2D eigenvalue weighted by atomic mass is 32.2. The van der Waals surface area contributed by atoms with Crippen LogP contribution in [0.2, 0.25) is 0 Å². The molecule has 2 rings (SSSR count). The third-order valence-corrected chi connectivity index (χ3v) is 5.07. The molecule has 0 atom stereocenters. The second-order valence-electron chi connectivity index (χ2n) is 5.62. The summed E-state index contributed by atoms with van der Waals surface area (Å²) in [4.78, 5) is 32.8. The number of nitro benzene ring substituents is 1. The first-order valence-corrected chi connectivity index (χ1v) is 9.46. The van der Waals surface area contributed by atoms with E-state index in [-0.39, 0.29) is 29.1 Å². The van der Waals surface area contributed by atoms with Crippen molar-refractivity contribution in [1.82, 2.24) is 4.72 Å². The number of nitrogens with zero attached hydrogens (tertiary/aromatic N) is 1. The van der Waals surface area contributed by atoms with E-state index in [0.717, 1.165) is 0 Å². The van der Waals surface area contributed by atoms with Gasteiger partial charge in [0.15, 0.2) is 5.78 Å². The summed E-state index contributed by atoms with van der Waals surface area (Å²) in [5, 5.41) is 19.3. The van der Waals surface area contributed by atoms with E-state index in [2.05, 4.69) is 4.72 Å². The number of carbonyl (C=O) groups excluding carboxylic acids is 1. The number of carboxylic acids is 1. The van der Waals surface area contributed by atoms with Crippen molar-refractivity contribution in [2.24, 2.45) is 0 Å². The Morgan fingerprint density at radius 2 is 1.82 bits per heavy atom. The van der Waals surface area contributed by atoms with Gasteiger partial charge in [0.25, 0.3) is 5.69 Å². The van der Waals surface area contributed by atoms with Crippen LogP contribution in [0.15, 0.2) is 59.5 Å². The molecular formula is C18H16N2O7S. The van der Waals surface area contributed by atoms with Gasteiger partial charge in [-0.3, -0.25) is 19.7 Å². The van der Waals surface area contributed by atoms with E-state index in [1.807, 2.05) is 0 Å². The number of nitrogens with one attached hydrogen (secondary N) is 1. The molecule has 0 unspecified atom stereocenters. The van der Waals surface area contributed by atoms with Gasteiger partial charge >= 0.3 is 5.97 Å². The number of nitro groups is 1. The van der Waals surface area contributed by atoms with Gasteiger partial charge in [-0.05, 0) is 35.9 Å². The Morgan fingerprint density at radius 1 is 1.14 bits per heavy atom. The van der Waals surface area contributed by atoms with Crippen molar-refractivity contribution in [3.05, 3.63) is 75.8 Å². The lowest BCUT2D eigenvalue weighted by Crippen LogP contribution is -2.26. The fourth-order valence-corrected chi connectivity index (χ4v) is 3.22. The third kappa shape index (κ3) is 5.83. The van der Waals surface area contributed by atoms with Crippen LogP contribution < -0.4 is 4.72 Å². The monoisotopic (exact) mass is 404 g/mol. The maximum Gasteiger partial charge on any atom is 0.304 e. The second-order valence-corrected chi connectivity index (χ2v) is 7.38. The average Bonchev–Trinajstić information content (AvgIpc) is 2.66. The number of non-ortho nitro benzene ring substituents is 1. The first kappa shape index (κ1) is 20.9. The Bertz CT molecular complexity index is 1030. The zero-order chi connectivity index (χ0) is 20.7. The van der Waals surface area contributed by atoms with Crippen LogP contribution in [0.25, 0.3) is 6.08 Å². The fourth-order valence-electron chi connectivity index (χ4n) is 2.18. The Labute approximate surface area is 160 Å². The quantitative estimate of drug-likeness (QED) is 0.282. The van der Waals surface area contributed by atoms with E-state index in [4.69, 9.17) is 5.11 Å². The highest BCUT2D eigenvalue weighted by Crippen LogP contribution is 2.15. The molecular weight excluding hydrogens is 388 g/mol. The summed E-state index contributed by atoms with van der Waals surface area (Å²) in [6.45, 7) is -0.246. The largest absolute Gasteiger partial charge is 0.481 e. The van der Waals surface area contributed by atoms with Crippen molar-refractivity contribution < 1.29 is 28.0 Å². The van der Waals surface area contributed by atoms with Gasteiger partial charge in [0, 0.05) is 24.2 Å². The van der Waals surface area contributed by atoms with Gasteiger partial charge in [-0.2, -0.15) is 0 Å². The van der Waals surface area contributed by atoms with Crippen molar-refractivity contribution in [1.29, 1.82) is 0 Å². The maximum absolute atomic E-state index is 12.2. The molecule has 0 spiro atoms. The predicted molar refractivity (Wildman–Crippen MR) is 100 cm³/mol. The molecule has 0 heterocycles. The maximum atomic E-state index is 12.2. The average molecular weight is 404 g/mol. The standard InChI is InChI=1S/C18H16N2O7S/c21-17(9-4-13-2-1-3-15(12-13)20(24)25)14-5-7-16(8-6-14)28(26,27)19-11-10-18(22)23/h1-9,12,19H,10-11H2,(H,22,23)/b9-4+. The van der Waals surface area contributed by atoms with E-state index < -0.39 is 26.7 Å². The van der Waals surface area contributed by atoms with E-state index in [1.54, 1.807) is 6.07 Å². The molecule has 2 N–H and O–H groups in total. The lowest BCUT2D eigenvalue weighted by molar-refractivity contribution is -0.384. The number of hydrogen-bond acceptors (Lipinski definition) is 6. The summed E-state index contributed by atoms with van der Waals surface area (Å²) in [6.07, 6.45) is 2.30. The number of hydrogen-bond donors (Lipinski definition) is 2. The van der Waals surface area contributed by atoms with Crippen LogP contribution in [0.3, 0.4) is 0 Å². The highest BCUT2D eigenvalue weighted by Gasteiger charge is 2.14. The fraction of sp³-hybridized carbons (Fsp3) is 0.111. The van der Waals surface area contributed by atoms with Gasteiger partial charge in [0.05, 0.1) is 16.2 Å². The minimum Gasteiger partial charge on any atom is -0.481 e. The predicted octanol–water partition coefficient (Wildman–Crippen LogP) is 2.24. The molecule has 0 amide bonds. The van der Waals surface area contributed by atoms with Crippen LogP contribution in [-0.2, 0) is 14.8 Å². The van der Waals surface area contributed by atoms with Gasteiger partial charge < -0.3 is 5.11 Å². The van der Waals surface area contributed by atoms with Crippen molar-refractivity contribution in [2.75, 3.05) is 6.54 Å². The molecule has 0 radical (unpaired) electrons. The summed E-state index contributed by atoms with van der Waals surface area (Å²) < 4.78 is 26.2. The number of sulfonamides is 1. The van der Waals surface area contributed by atoms with Gasteiger partial charge in [0.2, 0.25) is 10.0 Å². The van der Waals surface area contributed by atoms with E-state index in [0.29, 0.717) is 5.56 Å². The van der Waals surface area contributed by atoms with Crippen LogP contribution in [-0.4, -0.2) is 36.7 Å². The van der Waals surface area contributed by atoms with Crippen LogP contribution in [0.1, 0.15) is 22.3 Å². The number of carboxylic acid groups (broad SMARTS) is 1. The molecule has 0 aliphatic heterocycles. The van der Waals surface area contributed by atoms with E-state index in [1.165, 1.54) is 54.6 Å². The Balaban J connectivity index is 2.08. The number of carbonyl (C=O) groups is 2. The molecule has 0 aliphatic rings. The molecule has 0 bridgehead atoms. The Kier molecular flexibility index (Phi) is 6.74. The molecule has 0 fully saturated rings. The van der Waals surface area contributed by atoms with Crippen molar-refractivity contribution in [2.45, 2.75) is 11.3 Å². The molecule has 0 aromatic heterocycles. The number of ketones is 1. The van der Waals surface area contributed by atoms with Crippen molar-refractivity contribution in [3.8, 4) is 0 Å². The topological polar surface area (TPSA) is 144 Å². The normalized spacial score (nSPS) is 11.4. The number of rotatable bonds is 9. The highest BCUT2D eigenvalue weighted by molar-refractivity contribution is 7.89. The Morgan fingerprint density at radius 3 is 2.43 bits per heavy atom. The number of benzene rings is 2. The van der Waals surface area contributed by atoms with Crippen LogP contribution in [0.4, 0.5) is 5.69 Å². The smallest absolute Gasteiger partial charge is 0.304 e. The molecule has 2 aromatic rings. The van der Waals surface area contributed by atoms with Gasteiger partial charge in [-0.1, -0.05) is 18.2 Å². The minimum absolute atomic E-state index is 0.0976. The minimum atomic E-state index is -3.87. The molecule has 0 saturated carbocycles.